The van der Waals surface area contributed by atoms with Crippen molar-refractivity contribution in [2.45, 2.75) is 6.42 Å². The van der Waals surface area contributed by atoms with Crippen LogP contribution in [-0.4, -0.2) is 32.0 Å². The molecule has 0 saturated heterocycles. The minimum absolute atomic E-state index is 0.0888. The second-order valence-electron chi connectivity index (χ2n) is 5.09. The zero-order chi connectivity index (χ0) is 15.6. The van der Waals surface area contributed by atoms with E-state index in [9.17, 15) is 4.79 Å². The summed E-state index contributed by atoms with van der Waals surface area (Å²) >= 11 is 1.53. The monoisotopic (exact) mass is 323 g/mol. The SMILES string of the molecule is O=C(NCCc1nnc2ccccn12)c1ccc2ncsc2c1. The first kappa shape index (κ1) is 13.8. The van der Waals surface area contributed by atoms with E-state index in [1.165, 1.54) is 11.3 Å². The fraction of sp³-hybridized carbons (Fsp3) is 0.125. The molecule has 4 aromatic rings. The predicted octanol–water partition coefficient (Wildman–Crippen LogP) is 2.31. The Kier molecular flexibility index (Phi) is 3.47. The Bertz CT molecular complexity index is 990. The van der Waals surface area contributed by atoms with Crippen LogP contribution in [0.5, 0.6) is 0 Å². The normalized spacial score (nSPS) is 11.1. The number of thiazole rings is 1. The summed E-state index contributed by atoms with van der Waals surface area (Å²) in [6.07, 6.45) is 2.55. The van der Waals surface area contributed by atoms with Gasteiger partial charge in [0.2, 0.25) is 0 Å². The number of hydrogen-bond donors (Lipinski definition) is 1. The van der Waals surface area contributed by atoms with Gasteiger partial charge in [0.05, 0.1) is 15.7 Å². The number of amides is 1. The molecule has 0 fully saturated rings. The molecule has 114 valence electrons. The summed E-state index contributed by atoms with van der Waals surface area (Å²) in [5, 5.41) is 11.2. The van der Waals surface area contributed by atoms with Crippen LogP contribution < -0.4 is 5.32 Å². The van der Waals surface area contributed by atoms with Crippen molar-refractivity contribution in [3.05, 3.63) is 59.5 Å². The number of pyridine rings is 1. The molecule has 0 saturated carbocycles. The van der Waals surface area contributed by atoms with Crippen molar-refractivity contribution in [1.29, 1.82) is 0 Å². The molecule has 0 aliphatic rings. The van der Waals surface area contributed by atoms with Gasteiger partial charge in [0.25, 0.3) is 5.91 Å². The van der Waals surface area contributed by atoms with E-state index in [0.717, 1.165) is 21.7 Å². The van der Waals surface area contributed by atoms with Gasteiger partial charge in [0.15, 0.2) is 5.65 Å². The molecule has 0 unspecified atom stereocenters. The van der Waals surface area contributed by atoms with E-state index < -0.39 is 0 Å². The van der Waals surface area contributed by atoms with E-state index in [1.807, 2.05) is 40.9 Å². The average molecular weight is 323 g/mol. The number of nitrogens with zero attached hydrogens (tertiary/aromatic N) is 4. The summed E-state index contributed by atoms with van der Waals surface area (Å²) in [5.74, 6) is 0.743. The molecule has 1 amide bonds. The van der Waals surface area contributed by atoms with Crippen LogP contribution >= 0.6 is 11.3 Å². The number of nitrogens with one attached hydrogen (secondary N) is 1. The van der Waals surface area contributed by atoms with Gasteiger partial charge in [-0.05, 0) is 30.3 Å². The van der Waals surface area contributed by atoms with Gasteiger partial charge in [-0.3, -0.25) is 9.20 Å². The Labute approximate surface area is 135 Å². The summed E-state index contributed by atoms with van der Waals surface area (Å²) in [6.45, 7) is 0.509. The van der Waals surface area contributed by atoms with Crippen LogP contribution in [0, 0.1) is 0 Å². The first-order valence-electron chi connectivity index (χ1n) is 7.21. The van der Waals surface area contributed by atoms with Crippen molar-refractivity contribution in [2.75, 3.05) is 6.54 Å². The van der Waals surface area contributed by atoms with Crippen molar-refractivity contribution < 1.29 is 4.79 Å². The lowest BCUT2D eigenvalue weighted by Crippen LogP contribution is -2.26. The van der Waals surface area contributed by atoms with Gasteiger partial charge in [-0.25, -0.2) is 4.98 Å². The van der Waals surface area contributed by atoms with Gasteiger partial charge in [-0.1, -0.05) is 6.07 Å². The minimum atomic E-state index is -0.0888. The van der Waals surface area contributed by atoms with E-state index in [2.05, 4.69) is 20.5 Å². The molecule has 6 nitrogen and oxygen atoms in total. The van der Waals surface area contributed by atoms with E-state index in [0.29, 0.717) is 18.5 Å². The first-order chi connectivity index (χ1) is 11.3. The number of fused-ring (bicyclic) bond motifs is 2. The highest BCUT2D eigenvalue weighted by molar-refractivity contribution is 7.16. The average Bonchev–Trinajstić information content (AvgIpc) is 3.21. The summed E-state index contributed by atoms with van der Waals surface area (Å²) in [4.78, 5) is 16.4. The van der Waals surface area contributed by atoms with E-state index in [-0.39, 0.29) is 5.91 Å². The molecule has 1 N–H and O–H groups in total. The maximum Gasteiger partial charge on any atom is 0.251 e. The summed E-state index contributed by atoms with van der Waals surface area (Å²) in [6, 6.07) is 11.3. The van der Waals surface area contributed by atoms with Crippen molar-refractivity contribution in [3.8, 4) is 0 Å². The maximum atomic E-state index is 12.2. The summed E-state index contributed by atoms with van der Waals surface area (Å²) in [7, 11) is 0. The molecule has 0 radical (unpaired) electrons. The second-order valence-corrected chi connectivity index (χ2v) is 5.97. The molecule has 1 aromatic carbocycles. The Morgan fingerprint density at radius 2 is 2.17 bits per heavy atom. The predicted molar refractivity (Wildman–Crippen MR) is 88.6 cm³/mol. The minimum Gasteiger partial charge on any atom is -0.352 e. The number of aromatic nitrogens is 4. The van der Waals surface area contributed by atoms with Gasteiger partial charge in [-0.2, -0.15) is 0 Å². The van der Waals surface area contributed by atoms with Gasteiger partial charge < -0.3 is 5.32 Å². The quantitative estimate of drug-likeness (QED) is 0.625. The van der Waals surface area contributed by atoms with E-state index in [1.54, 1.807) is 11.6 Å². The zero-order valence-corrected chi connectivity index (χ0v) is 13.0. The molecular formula is C16H13N5OS. The van der Waals surface area contributed by atoms with E-state index >= 15 is 0 Å². The molecular weight excluding hydrogens is 310 g/mol. The molecule has 0 bridgehead atoms. The number of benzene rings is 1. The van der Waals surface area contributed by atoms with Crippen molar-refractivity contribution in [2.24, 2.45) is 0 Å². The smallest absolute Gasteiger partial charge is 0.251 e. The molecule has 3 aromatic heterocycles. The molecule has 3 heterocycles. The van der Waals surface area contributed by atoms with E-state index in [4.69, 9.17) is 0 Å². The van der Waals surface area contributed by atoms with Crippen LogP contribution in [-0.2, 0) is 6.42 Å². The fourth-order valence-electron chi connectivity index (χ4n) is 2.45. The van der Waals surface area contributed by atoms with Crippen molar-refractivity contribution in [3.63, 3.8) is 0 Å². The molecule has 7 heteroatoms. The standard InChI is InChI=1S/C16H13N5OS/c22-16(11-4-5-12-13(9-11)23-10-18-12)17-7-6-15-20-19-14-3-1-2-8-21(14)15/h1-5,8-10H,6-7H2,(H,17,22). The Balaban J connectivity index is 1.43. The zero-order valence-electron chi connectivity index (χ0n) is 12.1. The highest BCUT2D eigenvalue weighted by atomic mass is 32.1. The maximum absolute atomic E-state index is 12.2. The van der Waals surface area contributed by atoms with Crippen LogP contribution in [0.15, 0.2) is 48.1 Å². The highest BCUT2D eigenvalue weighted by Crippen LogP contribution is 2.18. The molecule has 23 heavy (non-hydrogen) atoms. The lowest BCUT2D eigenvalue weighted by atomic mass is 10.2. The van der Waals surface area contributed by atoms with Gasteiger partial charge in [0, 0.05) is 24.7 Å². The van der Waals surface area contributed by atoms with Crippen LogP contribution in [0.1, 0.15) is 16.2 Å². The third-order valence-electron chi connectivity index (χ3n) is 3.61. The van der Waals surface area contributed by atoms with Crippen LogP contribution in [0.2, 0.25) is 0 Å². The van der Waals surface area contributed by atoms with Crippen LogP contribution in [0.25, 0.3) is 15.9 Å². The molecule has 4 rings (SSSR count). The second kappa shape index (κ2) is 5.77. The molecule has 0 atom stereocenters. The lowest BCUT2D eigenvalue weighted by Gasteiger charge is -2.04. The number of carbonyl (C=O) groups is 1. The molecule has 0 aliphatic carbocycles. The topological polar surface area (TPSA) is 72.2 Å². The third kappa shape index (κ3) is 2.66. The molecule has 0 aliphatic heterocycles. The highest BCUT2D eigenvalue weighted by Gasteiger charge is 2.09. The van der Waals surface area contributed by atoms with Gasteiger partial charge in [-0.15, -0.1) is 21.5 Å². The fourth-order valence-corrected chi connectivity index (χ4v) is 3.16. The van der Waals surface area contributed by atoms with Crippen molar-refractivity contribution >= 4 is 33.1 Å². The first-order valence-corrected chi connectivity index (χ1v) is 8.09. The van der Waals surface area contributed by atoms with Gasteiger partial charge in [0.1, 0.15) is 5.82 Å². The Hall–Kier alpha value is -2.80. The number of rotatable bonds is 4. The number of carbonyl (C=O) groups excluding carboxylic acids is 1. The Morgan fingerprint density at radius 3 is 3.13 bits per heavy atom. The van der Waals surface area contributed by atoms with Crippen LogP contribution in [0.3, 0.4) is 0 Å². The molecule has 0 spiro atoms. The largest absolute Gasteiger partial charge is 0.352 e. The summed E-state index contributed by atoms with van der Waals surface area (Å²) < 4.78 is 2.94. The third-order valence-corrected chi connectivity index (χ3v) is 4.40. The van der Waals surface area contributed by atoms with Gasteiger partial charge >= 0.3 is 0 Å². The van der Waals surface area contributed by atoms with Crippen molar-refractivity contribution in [1.82, 2.24) is 24.9 Å². The lowest BCUT2D eigenvalue weighted by molar-refractivity contribution is 0.0954. The summed E-state index contributed by atoms with van der Waals surface area (Å²) in [5.41, 5.74) is 4.15. The number of hydrogen-bond acceptors (Lipinski definition) is 5. The Morgan fingerprint density at radius 1 is 1.22 bits per heavy atom. The van der Waals surface area contributed by atoms with Crippen LogP contribution in [0.4, 0.5) is 0 Å².